The molecule has 2 aromatic rings. The molecule has 2 rings (SSSR count). The summed E-state index contributed by atoms with van der Waals surface area (Å²) >= 11 is 0. The van der Waals surface area contributed by atoms with Crippen LogP contribution in [0.4, 0.5) is 0 Å². The van der Waals surface area contributed by atoms with E-state index in [0.717, 1.165) is 47.9 Å². The minimum absolute atomic E-state index is 0. The Bertz CT molecular complexity index is 800. The van der Waals surface area contributed by atoms with Gasteiger partial charge in [0.1, 0.15) is 0 Å². The molecule has 0 atom stereocenters. The molecule has 31 heavy (non-hydrogen) atoms. The van der Waals surface area contributed by atoms with Crippen molar-refractivity contribution in [3.05, 3.63) is 80.2 Å². The van der Waals surface area contributed by atoms with Crippen molar-refractivity contribution >= 4 is 11.8 Å². The van der Waals surface area contributed by atoms with Crippen LogP contribution in [-0.2, 0) is 34.6 Å². The van der Waals surface area contributed by atoms with Crippen molar-refractivity contribution in [1.82, 2.24) is 0 Å². The monoisotopic (exact) mass is 498 g/mol. The number of benzene rings is 2. The van der Waals surface area contributed by atoms with E-state index < -0.39 is 11.8 Å². The Labute approximate surface area is 214 Å². The Morgan fingerprint density at radius 3 is 1.16 bits per heavy atom. The molecule has 0 heterocycles. The summed E-state index contributed by atoms with van der Waals surface area (Å²) in [6, 6.07) is 7.46. The maximum Gasteiger partial charge on any atom is 4.00 e. The third kappa shape index (κ3) is 9.37. The first-order valence-electron chi connectivity index (χ1n) is 9.85. The normalized spacial score (nSPS) is 9.23. The third-order valence-electron chi connectivity index (χ3n) is 5.33. The number of amides is 2. The summed E-state index contributed by atoms with van der Waals surface area (Å²) < 4.78 is 0. The fourth-order valence-electron chi connectivity index (χ4n) is 3.33. The maximum atomic E-state index is 11.0. The van der Waals surface area contributed by atoms with E-state index in [0.29, 0.717) is 11.1 Å². The molecule has 0 radical (unpaired) electrons. The van der Waals surface area contributed by atoms with Gasteiger partial charge >= 0.3 is 21.7 Å². The first kappa shape index (κ1) is 34.3. The topological polar surface area (TPSA) is 81.7 Å². The molecule has 0 bridgehead atoms. The van der Waals surface area contributed by atoms with Crippen LogP contribution in [0.1, 0.15) is 80.8 Å². The van der Waals surface area contributed by atoms with Gasteiger partial charge in [0.05, 0.1) is 11.8 Å². The molecule has 0 fully saturated rings. The number of carbonyl (C=O) groups is 2. The number of aryl methyl sites for hydroxylation is 2. The van der Waals surface area contributed by atoms with E-state index in [4.69, 9.17) is 11.5 Å². The molecule has 0 aliphatic heterocycles. The van der Waals surface area contributed by atoms with Crippen molar-refractivity contribution in [2.24, 2.45) is 0 Å². The van der Waals surface area contributed by atoms with Crippen LogP contribution in [0.2, 0.25) is 0 Å². The largest absolute Gasteiger partial charge is 4.00 e. The Balaban J connectivity index is -0.000000461. The van der Waals surface area contributed by atoms with Crippen molar-refractivity contribution < 1.29 is 56.1 Å². The number of rotatable bonds is 6. The number of halogens is 2. The van der Waals surface area contributed by atoms with Gasteiger partial charge in [-0.1, -0.05) is 51.0 Å². The van der Waals surface area contributed by atoms with E-state index in [1.54, 1.807) is 12.1 Å². The summed E-state index contributed by atoms with van der Waals surface area (Å²) in [5.41, 5.74) is 22.0. The molecule has 0 aliphatic rings. The zero-order valence-electron chi connectivity index (χ0n) is 19.2. The summed E-state index contributed by atoms with van der Waals surface area (Å²) in [6.45, 7) is 12.1. The van der Waals surface area contributed by atoms with Crippen LogP contribution in [-0.4, -0.2) is 11.8 Å². The molecule has 0 saturated heterocycles. The molecule has 2 amide bonds. The Morgan fingerprint density at radius 1 is 0.645 bits per heavy atom. The molecule has 2 aromatic carbocycles. The van der Waals surface area contributed by atoms with Crippen LogP contribution in [0.25, 0.3) is 11.5 Å². The zero-order chi connectivity index (χ0) is 21.4. The number of carbonyl (C=O) groups excluding carboxylic acids is 2. The van der Waals surface area contributed by atoms with Crippen LogP contribution >= 0.6 is 0 Å². The minimum atomic E-state index is -0.589. The number of nitrogens with one attached hydrogen (secondary N) is 2. The van der Waals surface area contributed by atoms with Gasteiger partial charge in [-0.2, -0.15) is 0 Å². The van der Waals surface area contributed by atoms with E-state index >= 15 is 0 Å². The maximum absolute atomic E-state index is 11.0. The number of hydrogen-bond acceptors (Lipinski definition) is 2. The zero-order valence-corrected chi connectivity index (χ0v) is 22.3. The summed E-state index contributed by atoms with van der Waals surface area (Å²) in [7, 11) is 0. The van der Waals surface area contributed by atoms with Crippen LogP contribution in [0, 0.1) is 27.7 Å². The smallest absolute Gasteiger partial charge is 1.00 e. The first-order chi connectivity index (χ1) is 13.1. The van der Waals surface area contributed by atoms with Crippen LogP contribution in [0.15, 0.2) is 24.3 Å². The van der Waals surface area contributed by atoms with Gasteiger partial charge in [0.25, 0.3) is 0 Å². The quantitative estimate of drug-likeness (QED) is 0.554. The SMILES string of the molecule is CCCc1ccc(C([NH-])=O)c(C)c1C.CCCc1ccc(C([NH-])=O)c(C)c1C.[Cl-].[Cl-].[Ti+4]. The molecule has 7 heteroatoms. The summed E-state index contributed by atoms with van der Waals surface area (Å²) in [4.78, 5) is 21.9. The Morgan fingerprint density at radius 2 is 0.935 bits per heavy atom. The van der Waals surface area contributed by atoms with Gasteiger partial charge in [-0.25, -0.2) is 0 Å². The summed E-state index contributed by atoms with van der Waals surface area (Å²) in [6.07, 6.45) is 4.29. The predicted molar refractivity (Wildman–Crippen MR) is 117 cm³/mol. The Kier molecular flexibility index (Phi) is 18.1. The second-order valence-corrected chi connectivity index (χ2v) is 7.20. The van der Waals surface area contributed by atoms with Gasteiger partial charge in [0, 0.05) is 11.1 Å². The fraction of sp³-hybridized carbons (Fsp3) is 0.417. The third-order valence-corrected chi connectivity index (χ3v) is 5.33. The first-order valence-corrected chi connectivity index (χ1v) is 9.85. The van der Waals surface area contributed by atoms with Gasteiger partial charge in [-0.15, -0.1) is 0 Å². The minimum Gasteiger partial charge on any atom is -1.00 e. The molecule has 4 nitrogen and oxygen atoms in total. The van der Waals surface area contributed by atoms with Gasteiger partial charge in [0.15, 0.2) is 0 Å². The van der Waals surface area contributed by atoms with Crippen LogP contribution < -0.4 is 24.8 Å². The van der Waals surface area contributed by atoms with E-state index in [1.165, 1.54) is 11.1 Å². The number of hydrogen-bond donors (Lipinski definition) is 0. The van der Waals surface area contributed by atoms with Crippen molar-refractivity contribution in [2.75, 3.05) is 0 Å². The molecular weight excluding hydrogens is 467 g/mol. The van der Waals surface area contributed by atoms with Crippen molar-refractivity contribution in [2.45, 2.75) is 67.2 Å². The molecular formula is C24H32Cl2N2O2Ti. The second-order valence-electron chi connectivity index (χ2n) is 7.20. The van der Waals surface area contributed by atoms with E-state index in [2.05, 4.69) is 13.8 Å². The van der Waals surface area contributed by atoms with E-state index in [9.17, 15) is 9.59 Å². The van der Waals surface area contributed by atoms with Crippen molar-refractivity contribution in [3.8, 4) is 0 Å². The molecule has 168 valence electrons. The van der Waals surface area contributed by atoms with Gasteiger partial charge in [-0.05, 0) is 73.9 Å². The van der Waals surface area contributed by atoms with E-state index in [1.807, 2.05) is 39.8 Å². The molecule has 0 aromatic heterocycles. The van der Waals surface area contributed by atoms with Gasteiger partial charge < -0.3 is 45.9 Å². The standard InChI is InChI=1S/2C12H17NO.2ClH.Ti/c2*1-4-5-10-6-7-11(12(13)14)9(3)8(10)2;;;/h2*6-7H,4-5H2,1-3H3,(H2,13,14);2*1H;/q;;;;+4/p-4. The van der Waals surface area contributed by atoms with E-state index in [-0.39, 0.29) is 46.5 Å². The Hall–Kier alpha value is -1.33. The molecule has 0 unspecified atom stereocenters. The summed E-state index contributed by atoms with van der Waals surface area (Å²) in [5, 5.41) is 0. The molecule has 2 N–H and O–H groups in total. The van der Waals surface area contributed by atoms with Crippen molar-refractivity contribution in [1.29, 1.82) is 0 Å². The molecule has 0 spiro atoms. The second kappa shape index (κ2) is 16.3. The van der Waals surface area contributed by atoms with Crippen molar-refractivity contribution in [3.63, 3.8) is 0 Å². The molecule has 0 aliphatic carbocycles. The van der Waals surface area contributed by atoms with Crippen LogP contribution in [0.3, 0.4) is 0 Å². The van der Waals surface area contributed by atoms with Gasteiger partial charge in [0.2, 0.25) is 0 Å². The van der Waals surface area contributed by atoms with Crippen LogP contribution in [0.5, 0.6) is 0 Å². The fourth-order valence-corrected chi connectivity index (χ4v) is 3.33. The van der Waals surface area contributed by atoms with Gasteiger partial charge in [-0.3, -0.25) is 0 Å². The predicted octanol–water partition coefficient (Wildman–Crippen LogP) is 0.902. The average molecular weight is 499 g/mol. The molecule has 0 saturated carbocycles. The summed E-state index contributed by atoms with van der Waals surface area (Å²) in [5.74, 6) is -1.18. The average Bonchev–Trinajstić information content (AvgIpc) is 2.63.